The molecule has 0 spiro atoms. The smallest absolute Gasteiger partial charge is 0.0336 e. The molecule has 1 saturated carbocycles. The third kappa shape index (κ3) is 2.66. The Balaban J connectivity index is 2.32. The van der Waals surface area contributed by atoms with E-state index in [1.165, 1.54) is 32.1 Å². The zero-order chi connectivity index (χ0) is 8.27. The van der Waals surface area contributed by atoms with Gasteiger partial charge >= 0.3 is 0 Å². The molecule has 66 valence electrons. The van der Waals surface area contributed by atoms with Gasteiger partial charge in [-0.1, -0.05) is 39.0 Å². The van der Waals surface area contributed by atoms with E-state index >= 15 is 0 Å². The maximum absolute atomic E-state index is 6.06. The van der Waals surface area contributed by atoms with E-state index in [1.807, 2.05) is 0 Å². The summed E-state index contributed by atoms with van der Waals surface area (Å²) in [7, 11) is 0. The van der Waals surface area contributed by atoms with Crippen LogP contribution < -0.4 is 0 Å². The molecule has 0 aromatic heterocycles. The monoisotopic (exact) mass is 174 g/mol. The Morgan fingerprint density at radius 3 is 2.09 bits per heavy atom. The van der Waals surface area contributed by atoms with Crippen molar-refractivity contribution < 1.29 is 0 Å². The lowest BCUT2D eigenvalue weighted by molar-refractivity contribution is 0.261. The minimum atomic E-state index is 0.359. The van der Waals surface area contributed by atoms with Crippen LogP contribution in [0, 0.1) is 11.8 Å². The normalized spacial score (nSPS) is 26.5. The van der Waals surface area contributed by atoms with Gasteiger partial charge in [0.15, 0.2) is 0 Å². The van der Waals surface area contributed by atoms with E-state index in [0.717, 1.165) is 11.8 Å². The van der Waals surface area contributed by atoms with Gasteiger partial charge in [-0.2, -0.15) is 0 Å². The average Bonchev–Trinajstić information content (AvgIpc) is 2.05. The van der Waals surface area contributed by atoms with Crippen LogP contribution >= 0.6 is 11.6 Å². The Kier molecular flexibility index (Phi) is 3.71. The molecule has 0 radical (unpaired) electrons. The van der Waals surface area contributed by atoms with Crippen LogP contribution in [0.3, 0.4) is 0 Å². The summed E-state index contributed by atoms with van der Waals surface area (Å²) >= 11 is 6.06. The Bertz CT molecular complexity index is 103. The first-order valence-corrected chi connectivity index (χ1v) is 5.29. The molecule has 2 atom stereocenters. The number of halogens is 1. The zero-order valence-corrected chi connectivity index (χ0v) is 8.40. The fourth-order valence-electron chi connectivity index (χ4n) is 2.03. The molecule has 0 bridgehead atoms. The fourth-order valence-corrected chi connectivity index (χ4v) is 2.24. The molecular weight excluding hydrogens is 156 g/mol. The van der Waals surface area contributed by atoms with Gasteiger partial charge in [-0.05, 0) is 18.8 Å². The molecule has 11 heavy (non-hydrogen) atoms. The van der Waals surface area contributed by atoms with E-state index in [0.29, 0.717) is 5.38 Å². The third-order valence-corrected chi connectivity index (χ3v) is 3.52. The molecule has 1 rings (SSSR count). The van der Waals surface area contributed by atoms with E-state index in [9.17, 15) is 0 Å². The minimum Gasteiger partial charge on any atom is -0.123 e. The molecule has 0 nitrogen and oxygen atoms in total. The lowest BCUT2D eigenvalue weighted by Crippen LogP contribution is -2.21. The lowest BCUT2D eigenvalue weighted by atomic mass is 9.80. The van der Waals surface area contributed by atoms with E-state index in [4.69, 9.17) is 11.6 Å². The van der Waals surface area contributed by atoms with Crippen molar-refractivity contribution >= 4 is 11.6 Å². The maximum atomic E-state index is 6.06. The number of alkyl halides is 1. The summed E-state index contributed by atoms with van der Waals surface area (Å²) in [6.45, 7) is 4.43. The van der Waals surface area contributed by atoms with Crippen molar-refractivity contribution in [3.63, 3.8) is 0 Å². The van der Waals surface area contributed by atoms with Crippen molar-refractivity contribution in [1.82, 2.24) is 0 Å². The summed E-state index contributed by atoms with van der Waals surface area (Å²) in [4.78, 5) is 0. The number of hydrogen-bond donors (Lipinski definition) is 0. The van der Waals surface area contributed by atoms with Crippen molar-refractivity contribution in [3.05, 3.63) is 0 Å². The van der Waals surface area contributed by atoms with Gasteiger partial charge in [0.2, 0.25) is 0 Å². The minimum absolute atomic E-state index is 0.359. The Morgan fingerprint density at radius 2 is 1.64 bits per heavy atom. The molecule has 0 N–H and O–H groups in total. The van der Waals surface area contributed by atoms with Crippen molar-refractivity contribution in [2.45, 2.75) is 51.3 Å². The van der Waals surface area contributed by atoms with Gasteiger partial charge in [-0.15, -0.1) is 11.6 Å². The van der Waals surface area contributed by atoms with Crippen molar-refractivity contribution in [1.29, 1.82) is 0 Å². The summed E-state index contributed by atoms with van der Waals surface area (Å²) in [5.41, 5.74) is 0. The van der Waals surface area contributed by atoms with Gasteiger partial charge in [0, 0.05) is 5.38 Å². The summed E-state index contributed by atoms with van der Waals surface area (Å²) in [5.74, 6) is 1.63. The molecule has 0 amide bonds. The van der Waals surface area contributed by atoms with Gasteiger partial charge < -0.3 is 0 Å². The SMILES string of the molecule is CC(Cl)C(C)C1CCCCC1. The van der Waals surface area contributed by atoms with E-state index < -0.39 is 0 Å². The second-order valence-electron chi connectivity index (χ2n) is 3.93. The second kappa shape index (κ2) is 4.35. The highest BCUT2D eigenvalue weighted by Crippen LogP contribution is 2.32. The number of rotatable bonds is 2. The standard InChI is InChI=1S/C10H19Cl/c1-8(9(2)11)10-6-4-3-5-7-10/h8-10H,3-7H2,1-2H3. The lowest BCUT2D eigenvalue weighted by Gasteiger charge is -2.29. The number of hydrogen-bond acceptors (Lipinski definition) is 0. The van der Waals surface area contributed by atoms with Crippen molar-refractivity contribution in [3.8, 4) is 0 Å². The first kappa shape index (κ1) is 9.38. The van der Waals surface area contributed by atoms with E-state index in [-0.39, 0.29) is 0 Å². The highest BCUT2D eigenvalue weighted by atomic mass is 35.5. The molecule has 0 aliphatic heterocycles. The van der Waals surface area contributed by atoms with Gasteiger partial charge in [-0.25, -0.2) is 0 Å². The van der Waals surface area contributed by atoms with Crippen LogP contribution in [-0.4, -0.2) is 5.38 Å². The van der Waals surface area contributed by atoms with E-state index in [2.05, 4.69) is 13.8 Å². The summed E-state index contributed by atoms with van der Waals surface area (Å²) < 4.78 is 0. The van der Waals surface area contributed by atoms with Crippen LogP contribution in [0.2, 0.25) is 0 Å². The van der Waals surface area contributed by atoms with Gasteiger partial charge in [0.1, 0.15) is 0 Å². The summed E-state index contributed by atoms with van der Waals surface area (Å²) in [6.07, 6.45) is 7.13. The molecule has 1 aliphatic carbocycles. The molecule has 1 heteroatoms. The molecule has 0 saturated heterocycles. The predicted octanol–water partition coefficient (Wildman–Crippen LogP) is 3.83. The topological polar surface area (TPSA) is 0 Å². The van der Waals surface area contributed by atoms with Crippen LogP contribution in [0.5, 0.6) is 0 Å². The van der Waals surface area contributed by atoms with Gasteiger partial charge in [0.25, 0.3) is 0 Å². The predicted molar refractivity (Wildman–Crippen MR) is 51.1 cm³/mol. The Hall–Kier alpha value is 0.290. The van der Waals surface area contributed by atoms with Crippen LogP contribution in [0.1, 0.15) is 46.0 Å². The second-order valence-corrected chi connectivity index (χ2v) is 4.62. The summed E-state index contributed by atoms with van der Waals surface area (Å²) in [6, 6.07) is 0. The van der Waals surface area contributed by atoms with Crippen molar-refractivity contribution in [2.24, 2.45) is 11.8 Å². The van der Waals surface area contributed by atoms with Gasteiger partial charge in [0.05, 0.1) is 0 Å². The largest absolute Gasteiger partial charge is 0.123 e. The maximum Gasteiger partial charge on any atom is 0.0336 e. The van der Waals surface area contributed by atoms with Gasteiger partial charge in [-0.3, -0.25) is 0 Å². The first-order valence-electron chi connectivity index (χ1n) is 4.86. The molecule has 2 unspecified atom stereocenters. The summed E-state index contributed by atoms with van der Waals surface area (Å²) in [5, 5.41) is 0.359. The highest BCUT2D eigenvalue weighted by molar-refractivity contribution is 6.20. The Labute approximate surface area is 75.3 Å². The van der Waals surface area contributed by atoms with Crippen LogP contribution in [0.4, 0.5) is 0 Å². The fraction of sp³-hybridized carbons (Fsp3) is 1.00. The third-order valence-electron chi connectivity index (χ3n) is 3.12. The first-order chi connectivity index (χ1) is 5.22. The molecular formula is C10H19Cl. The molecule has 0 aromatic carbocycles. The van der Waals surface area contributed by atoms with Crippen LogP contribution in [0.25, 0.3) is 0 Å². The Morgan fingerprint density at radius 1 is 1.09 bits per heavy atom. The highest BCUT2D eigenvalue weighted by Gasteiger charge is 2.22. The van der Waals surface area contributed by atoms with E-state index in [1.54, 1.807) is 0 Å². The zero-order valence-electron chi connectivity index (χ0n) is 7.65. The molecule has 1 aliphatic rings. The van der Waals surface area contributed by atoms with Crippen LogP contribution in [-0.2, 0) is 0 Å². The van der Waals surface area contributed by atoms with Crippen molar-refractivity contribution in [2.75, 3.05) is 0 Å². The molecule has 0 heterocycles. The quantitative estimate of drug-likeness (QED) is 0.559. The van der Waals surface area contributed by atoms with Crippen LogP contribution in [0.15, 0.2) is 0 Å². The molecule has 0 aromatic rings. The molecule has 1 fully saturated rings. The average molecular weight is 175 g/mol.